The van der Waals surface area contributed by atoms with Crippen LogP contribution in [0, 0.1) is 12.8 Å². The summed E-state index contributed by atoms with van der Waals surface area (Å²) in [7, 11) is -4.11. The van der Waals surface area contributed by atoms with E-state index in [1.54, 1.807) is 67.6 Å². The van der Waals surface area contributed by atoms with Gasteiger partial charge in [-0.15, -0.1) is 0 Å². The second-order valence-corrected chi connectivity index (χ2v) is 12.4. The molecule has 0 aliphatic rings. The minimum absolute atomic E-state index is 0.0156. The van der Waals surface area contributed by atoms with Crippen LogP contribution in [0.2, 0.25) is 10.0 Å². The monoisotopic (exact) mass is 589 g/mol. The van der Waals surface area contributed by atoms with E-state index in [2.05, 4.69) is 5.32 Å². The molecule has 1 N–H and O–H groups in total. The number of aryl methyl sites for hydroxylation is 1. The topological polar surface area (TPSA) is 86.8 Å². The maximum Gasteiger partial charge on any atom is 0.264 e. The quantitative estimate of drug-likeness (QED) is 0.311. The van der Waals surface area contributed by atoms with Crippen molar-refractivity contribution in [1.82, 2.24) is 10.2 Å². The average Bonchev–Trinajstić information content (AvgIpc) is 2.90. The first-order valence-electron chi connectivity index (χ1n) is 12.6. The summed E-state index contributed by atoms with van der Waals surface area (Å²) in [6.45, 7) is 7.31. The Balaban J connectivity index is 2.01. The molecule has 208 valence electrons. The molecule has 0 aliphatic carbocycles. The summed E-state index contributed by atoms with van der Waals surface area (Å²) in [6, 6.07) is 18.8. The van der Waals surface area contributed by atoms with Gasteiger partial charge < -0.3 is 10.2 Å². The van der Waals surface area contributed by atoms with Gasteiger partial charge in [-0.25, -0.2) is 8.42 Å². The van der Waals surface area contributed by atoms with Gasteiger partial charge in [0.15, 0.2) is 0 Å². The van der Waals surface area contributed by atoms with E-state index in [9.17, 15) is 18.0 Å². The number of halogens is 2. The number of benzene rings is 3. The molecule has 0 aromatic heterocycles. The lowest BCUT2D eigenvalue weighted by Crippen LogP contribution is -2.51. The molecule has 1 atom stereocenters. The fourth-order valence-electron chi connectivity index (χ4n) is 3.83. The summed E-state index contributed by atoms with van der Waals surface area (Å²) in [5.74, 6) is -0.702. The Morgan fingerprint density at radius 1 is 0.923 bits per heavy atom. The molecular formula is C29H33Cl2N3O4S. The highest BCUT2D eigenvalue weighted by atomic mass is 35.5. The Labute approximate surface area is 240 Å². The summed E-state index contributed by atoms with van der Waals surface area (Å²) in [5.41, 5.74) is 1.81. The van der Waals surface area contributed by atoms with Gasteiger partial charge in [0.2, 0.25) is 11.8 Å². The van der Waals surface area contributed by atoms with Gasteiger partial charge in [-0.2, -0.15) is 0 Å². The van der Waals surface area contributed by atoms with Crippen molar-refractivity contribution in [2.45, 2.75) is 45.2 Å². The standard InChI is InChI=1S/C29H33Cl2N3O4S/c1-20(2)17-32-29(36)22(4)33(18-23-12-13-24(30)16-27(23)31)28(35)19-34(25-8-6-5-7-9-25)39(37,38)26-14-10-21(3)11-15-26/h5-16,20,22H,17-19H2,1-4H3,(H,32,36)/t22-/m1/s1. The van der Waals surface area contributed by atoms with E-state index in [1.807, 2.05) is 20.8 Å². The number of carbonyl (C=O) groups excluding carboxylic acids is 2. The van der Waals surface area contributed by atoms with E-state index in [4.69, 9.17) is 23.2 Å². The molecule has 3 aromatic carbocycles. The van der Waals surface area contributed by atoms with Crippen molar-refractivity contribution in [3.8, 4) is 0 Å². The van der Waals surface area contributed by atoms with Crippen molar-refractivity contribution < 1.29 is 18.0 Å². The second-order valence-electron chi connectivity index (χ2n) is 9.73. The zero-order chi connectivity index (χ0) is 28.7. The first-order valence-corrected chi connectivity index (χ1v) is 14.7. The number of nitrogens with zero attached hydrogens (tertiary/aromatic N) is 2. The Hall–Kier alpha value is -3.07. The van der Waals surface area contributed by atoms with Crippen molar-refractivity contribution in [2.75, 3.05) is 17.4 Å². The van der Waals surface area contributed by atoms with E-state index in [0.717, 1.165) is 9.87 Å². The summed E-state index contributed by atoms with van der Waals surface area (Å²) >= 11 is 12.5. The minimum Gasteiger partial charge on any atom is -0.354 e. The molecule has 0 bridgehead atoms. The molecule has 7 nitrogen and oxygen atoms in total. The van der Waals surface area contributed by atoms with Crippen LogP contribution in [0.5, 0.6) is 0 Å². The number of amides is 2. The van der Waals surface area contributed by atoms with E-state index >= 15 is 0 Å². The highest BCUT2D eigenvalue weighted by molar-refractivity contribution is 7.92. The van der Waals surface area contributed by atoms with Crippen LogP contribution in [0.4, 0.5) is 5.69 Å². The van der Waals surface area contributed by atoms with Crippen molar-refractivity contribution >= 4 is 50.7 Å². The van der Waals surface area contributed by atoms with Crippen LogP contribution >= 0.6 is 23.2 Å². The molecule has 0 unspecified atom stereocenters. The van der Waals surface area contributed by atoms with Crippen molar-refractivity contribution in [1.29, 1.82) is 0 Å². The number of para-hydroxylation sites is 1. The van der Waals surface area contributed by atoms with Crippen LogP contribution in [-0.4, -0.2) is 44.3 Å². The first-order chi connectivity index (χ1) is 18.4. The summed E-state index contributed by atoms with van der Waals surface area (Å²) in [5, 5.41) is 3.62. The summed E-state index contributed by atoms with van der Waals surface area (Å²) < 4.78 is 28.6. The van der Waals surface area contributed by atoms with Gasteiger partial charge >= 0.3 is 0 Å². The van der Waals surface area contributed by atoms with Gasteiger partial charge in [0.1, 0.15) is 12.6 Å². The summed E-state index contributed by atoms with van der Waals surface area (Å²) in [4.78, 5) is 28.3. The third-order valence-corrected chi connectivity index (χ3v) is 8.51. The maximum absolute atomic E-state index is 13.9. The zero-order valence-corrected chi connectivity index (χ0v) is 24.7. The third kappa shape index (κ3) is 7.97. The average molecular weight is 591 g/mol. The van der Waals surface area contributed by atoms with E-state index < -0.39 is 28.5 Å². The fourth-order valence-corrected chi connectivity index (χ4v) is 5.71. The predicted octanol–water partition coefficient (Wildman–Crippen LogP) is 5.69. The SMILES string of the molecule is Cc1ccc(S(=O)(=O)N(CC(=O)N(Cc2ccc(Cl)cc2Cl)[C@H](C)C(=O)NCC(C)C)c2ccccc2)cc1. The highest BCUT2D eigenvalue weighted by Gasteiger charge is 2.32. The molecule has 0 heterocycles. The number of hydrogen-bond donors (Lipinski definition) is 1. The molecule has 0 aliphatic heterocycles. The molecule has 0 fully saturated rings. The van der Waals surface area contributed by atoms with Crippen LogP contribution < -0.4 is 9.62 Å². The normalized spacial score (nSPS) is 12.2. The van der Waals surface area contributed by atoms with Crippen LogP contribution in [-0.2, 0) is 26.2 Å². The van der Waals surface area contributed by atoms with Gasteiger partial charge in [-0.1, -0.05) is 79.0 Å². The summed E-state index contributed by atoms with van der Waals surface area (Å²) in [6.07, 6.45) is 0. The van der Waals surface area contributed by atoms with Crippen LogP contribution in [0.25, 0.3) is 0 Å². The van der Waals surface area contributed by atoms with Gasteiger partial charge in [0, 0.05) is 23.1 Å². The Bertz CT molecular complexity index is 1400. The van der Waals surface area contributed by atoms with Gasteiger partial charge in [0.05, 0.1) is 10.6 Å². The Kier molecular flexibility index (Phi) is 10.4. The molecule has 2 amide bonds. The number of nitrogens with one attached hydrogen (secondary N) is 1. The third-order valence-electron chi connectivity index (χ3n) is 6.14. The smallest absolute Gasteiger partial charge is 0.264 e. The van der Waals surface area contributed by atoms with Crippen molar-refractivity contribution in [3.05, 3.63) is 94.0 Å². The lowest BCUT2D eigenvalue weighted by atomic mass is 10.1. The van der Waals surface area contributed by atoms with Crippen LogP contribution in [0.1, 0.15) is 31.9 Å². The zero-order valence-electron chi connectivity index (χ0n) is 22.4. The molecule has 0 saturated heterocycles. The number of rotatable bonds is 11. The van der Waals surface area contributed by atoms with Crippen LogP contribution in [0.15, 0.2) is 77.7 Å². The largest absolute Gasteiger partial charge is 0.354 e. The van der Waals surface area contributed by atoms with Gasteiger partial charge in [-0.05, 0) is 61.7 Å². The second kappa shape index (κ2) is 13.3. The first kappa shape index (κ1) is 30.5. The van der Waals surface area contributed by atoms with E-state index in [1.165, 1.54) is 17.0 Å². The highest BCUT2D eigenvalue weighted by Crippen LogP contribution is 2.26. The predicted molar refractivity (Wildman–Crippen MR) is 156 cm³/mol. The number of anilines is 1. The molecule has 3 aromatic rings. The number of hydrogen-bond acceptors (Lipinski definition) is 4. The van der Waals surface area contributed by atoms with Crippen molar-refractivity contribution in [3.63, 3.8) is 0 Å². The molecule has 0 radical (unpaired) electrons. The maximum atomic E-state index is 13.9. The van der Waals surface area contributed by atoms with Crippen LogP contribution in [0.3, 0.4) is 0 Å². The molecule has 0 saturated carbocycles. The fraction of sp³-hybridized carbons (Fsp3) is 0.310. The minimum atomic E-state index is -4.11. The molecule has 0 spiro atoms. The van der Waals surface area contributed by atoms with Gasteiger partial charge in [-0.3, -0.25) is 13.9 Å². The van der Waals surface area contributed by atoms with Gasteiger partial charge in [0.25, 0.3) is 10.0 Å². The van der Waals surface area contributed by atoms with E-state index in [0.29, 0.717) is 27.8 Å². The lowest BCUT2D eigenvalue weighted by Gasteiger charge is -2.32. The molecule has 39 heavy (non-hydrogen) atoms. The van der Waals surface area contributed by atoms with E-state index in [-0.39, 0.29) is 23.3 Å². The lowest BCUT2D eigenvalue weighted by molar-refractivity contribution is -0.139. The molecule has 10 heteroatoms. The Morgan fingerprint density at radius 2 is 1.56 bits per heavy atom. The Morgan fingerprint density at radius 3 is 2.15 bits per heavy atom. The van der Waals surface area contributed by atoms with Crippen molar-refractivity contribution in [2.24, 2.45) is 5.92 Å². The molecular weight excluding hydrogens is 557 g/mol. The number of sulfonamides is 1. The number of carbonyl (C=O) groups is 2. The molecule has 3 rings (SSSR count).